The third-order valence-corrected chi connectivity index (χ3v) is 5.78. The molecule has 0 saturated heterocycles. The van der Waals surface area contributed by atoms with Crippen molar-refractivity contribution in [3.63, 3.8) is 0 Å². The van der Waals surface area contributed by atoms with Crippen LogP contribution in [0.3, 0.4) is 0 Å². The van der Waals surface area contributed by atoms with Crippen molar-refractivity contribution in [2.24, 2.45) is 4.99 Å². The van der Waals surface area contributed by atoms with Crippen molar-refractivity contribution in [1.82, 2.24) is 0 Å². The molecule has 0 fully saturated rings. The molecule has 1 aromatic heterocycles. The van der Waals surface area contributed by atoms with E-state index in [9.17, 15) is 20.0 Å². The largest absolute Gasteiger partial charge is 0.867 e. The van der Waals surface area contributed by atoms with Gasteiger partial charge in [-0.1, -0.05) is 15.9 Å². The first kappa shape index (κ1) is 18.5. The fraction of sp³-hybridized carbons (Fsp3) is 0.294. The fourth-order valence-electron chi connectivity index (χ4n) is 2.91. The summed E-state index contributed by atoms with van der Waals surface area (Å²) in [5, 5.41) is 23.7. The second-order valence-electron chi connectivity index (χ2n) is 5.74. The monoisotopic (exact) mass is 437 g/mol. The summed E-state index contributed by atoms with van der Waals surface area (Å²) in [6.45, 7) is 0. The van der Waals surface area contributed by atoms with E-state index in [1.54, 1.807) is 0 Å². The second-order valence-corrected chi connectivity index (χ2v) is 7.74. The number of hydrogen-bond acceptors (Lipinski definition) is 7. The van der Waals surface area contributed by atoms with Gasteiger partial charge in [0.1, 0.15) is 5.00 Å². The smallest absolute Gasteiger partial charge is 0.341 e. The Kier molecular flexibility index (Phi) is 5.38. The fourth-order valence-corrected chi connectivity index (χ4v) is 4.60. The van der Waals surface area contributed by atoms with Gasteiger partial charge in [0.05, 0.1) is 17.6 Å². The van der Waals surface area contributed by atoms with Crippen LogP contribution in [0, 0.1) is 10.1 Å². The molecule has 0 spiro atoms. The molecule has 0 bridgehead atoms. The molecule has 9 heteroatoms. The molecular formula is C17H14BrN2O5S-. The minimum Gasteiger partial charge on any atom is -0.867 e. The molecular weight excluding hydrogens is 424 g/mol. The van der Waals surface area contributed by atoms with Gasteiger partial charge in [0.25, 0.3) is 5.69 Å². The summed E-state index contributed by atoms with van der Waals surface area (Å²) < 4.78 is 5.29. The third kappa shape index (κ3) is 3.49. The zero-order valence-electron chi connectivity index (χ0n) is 13.8. The number of fused-ring (bicyclic) bond motifs is 1. The lowest BCUT2D eigenvalue weighted by Gasteiger charge is -2.11. The Morgan fingerprint density at radius 3 is 2.81 bits per heavy atom. The van der Waals surface area contributed by atoms with Crippen LogP contribution in [0.2, 0.25) is 0 Å². The minimum atomic E-state index is -0.728. The molecule has 0 N–H and O–H groups in total. The zero-order chi connectivity index (χ0) is 18.8. The number of halogens is 1. The first-order valence-corrected chi connectivity index (χ1v) is 9.45. The molecule has 0 saturated carbocycles. The Bertz CT molecular complexity index is 922. The number of ether oxygens (including phenoxy) is 1. The first-order chi connectivity index (χ1) is 12.4. The van der Waals surface area contributed by atoms with Crippen molar-refractivity contribution in [1.29, 1.82) is 0 Å². The first-order valence-electron chi connectivity index (χ1n) is 7.84. The van der Waals surface area contributed by atoms with E-state index in [1.165, 1.54) is 30.7 Å². The number of aryl methyl sites for hydroxylation is 1. The lowest BCUT2D eigenvalue weighted by molar-refractivity contribution is -0.398. The molecule has 0 radical (unpaired) electrons. The molecule has 1 aliphatic rings. The lowest BCUT2D eigenvalue weighted by atomic mass is 9.95. The maximum atomic E-state index is 12.2. The summed E-state index contributed by atoms with van der Waals surface area (Å²) in [4.78, 5) is 27.9. The maximum absolute atomic E-state index is 12.2. The van der Waals surface area contributed by atoms with Crippen LogP contribution in [0.1, 0.15) is 39.2 Å². The van der Waals surface area contributed by atoms with Crippen LogP contribution in [0.15, 0.2) is 21.6 Å². The Hall–Kier alpha value is -2.26. The van der Waals surface area contributed by atoms with Crippen molar-refractivity contribution in [2.45, 2.75) is 25.7 Å². The number of methoxy groups -OCH3 is 1. The van der Waals surface area contributed by atoms with Crippen LogP contribution in [-0.2, 0) is 17.6 Å². The van der Waals surface area contributed by atoms with E-state index in [2.05, 4.69) is 20.9 Å². The SMILES string of the molecule is COC(=O)c1c(N=Cc2cc(Br)cc([N+](=O)[O-])c2[O-])sc2c1CCCC2. The number of nitro groups is 1. The van der Waals surface area contributed by atoms with E-state index in [1.807, 2.05) is 0 Å². The van der Waals surface area contributed by atoms with Crippen LogP contribution < -0.4 is 5.11 Å². The number of esters is 1. The third-order valence-electron chi connectivity index (χ3n) is 4.12. The predicted octanol–water partition coefficient (Wildman–Crippen LogP) is 3.91. The van der Waals surface area contributed by atoms with Crippen molar-refractivity contribution >= 4 is 50.1 Å². The summed E-state index contributed by atoms with van der Waals surface area (Å²) in [6, 6.07) is 2.62. The molecule has 2 aromatic rings. The molecule has 0 atom stereocenters. The minimum absolute atomic E-state index is 0.0771. The topological polar surface area (TPSA) is 105 Å². The van der Waals surface area contributed by atoms with Gasteiger partial charge in [-0.3, -0.25) is 10.1 Å². The van der Waals surface area contributed by atoms with Crippen LogP contribution in [0.25, 0.3) is 0 Å². The number of nitro benzene ring substituents is 1. The van der Waals surface area contributed by atoms with Crippen molar-refractivity contribution in [3.05, 3.63) is 48.3 Å². The number of aliphatic imine (C=N–C) groups is 1. The van der Waals surface area contributed by atoms with Crippen LogP contribution in [-0.4, -0.2) is 24.2 Å². The Morgan fingerprint density at radius 2 is 2.12 bits per heavy atom. The number of nitrogens with zero attached hydrogens (tertiary/aromatic N) is 2. The molecule has 0 amide bonds. The van der Waals surface area contributed by atoms with Crippen molar-refractivity contribution in [2.75, 3.05) is 7.11 Å². The summed E-state index contributed by atoms with van der Waals surface area (Å²) in [5.74, 6) is -1.18. The molecule has 1 aromatic carbocycles. The van der Waals surface area contributed by atoms with Crippen LogP contribution >= 0.6 is 27.3 Å². The molecule has 3 rings (SSSR count). The van der Waals surface area contributed by atoms with Gasteiger partial charge in [0, 0.05) is 21.6 Å². The average Bonchev–Trinajstić information content (AvgIpc) is 2.99. The molecule has 1 heterocycles. The van der Waals surface area contributed by atoms with E-state index in [0.29, 0.717) is 15.0 Å². The predicted molar refractivity (Wildman–Crippen MR) is 99.8 cm³/mol. The van der Waals surface area contributed by atoms with Crippen LogP contribution in [0.5, 0.6) is 5.75 Å². The second kappa shape index (κ2) is 7.55. The number of carbonyl (C=O) groups is 1. The van der Waals surface area contributed by atoms with Gasteiger partial charge in [-0.15, -0.1) is 11.3 Å². The molecule has 0 aliphatic heterocycles. The Morgan fingerprint density at radius 1 is 1.38 bits per heavy atom. The zero-order valence-corrected chi connectivity index (χ0v) is 16.2. The quantitative estimate of drug-likeness (QED) is 0.312. The Labute approximate surface area is 161 Å². The molecule has 136 valence electrons. The van der Waals surface area contributed by atoms with Crippen molar-refractivity contribution in [3.8, 4) is 5.75 Å². The number of carbonyl (C=O) groups excluding carboxylic acids is 1. The van der Waals surface area contributed by atoms with Gasteiger partial charge in [-0.05, 0) is 48.6 Å². The van der Waals surface area contributed by atoms with Crippen molar-refractivity contribution < 1.29 is 19.6 Å². The van der Waals surface area contributed by atoms with E-state index >= 15 is 0 Å². The van der Waals surface area contributed by atoms with E-state index < -0.39 is 22.3 Å². The standard InChI is InChI=1S/C17H15BrN2O5S/c1-25-17(22)14-11-4-2-3-5-13(11)26-16(14)19-8-9-6-10(18)7-12(15(9)21)20(23)24/h6-8,21H,2-5H2,1H3/p-1. The highest BCUT2D eigenvalue weighted by Crippen LogP contribution is 2.40. The summed E-state index contributed by atoms with van der Waals surface area (Å²) in [5.41, 5.74) is 0.941. The normalized spacial score (nSPS) is 13.6. The van der Waals surface area contributed by atoms with E-state index in [4.69, 9.17) is 4.74 Å². The van der Waals surface area contributed by atoms with E-state index in [-0.39, 0.29) is 5.56 Å². The van der Waals surface area contributed by atoms with Gasteiger partial charge >= 0.3 is 5.97 Å². The lowest BCUT2D eigenvalue weighted by Crippen LogP contribution is -2.07. The van der Waals surface area contributed by atoms with E-state index in [0.717, 1.165) is 42.2 Å². The molecule has 0 unspecified atom stereocenters. The average molecular weight is 438 g/mol. The summed E-state index contributed by atoms with van der Waals surface area (Å²) in [7, 11) is 1.32. The number of hydrogen-bond donors (Lipinski definition) is 0. The number of thiophene rings is 1. The number of benzene rings is 1. The molecule has 1 aliphatic carbocycles. The highest BCUT2D eigenvalue weighted by molar-refractivity contribution is 9.10. The number of rotatable bonds is 4. The molecule has 7 nitrogen and oxygen atoms in total. The summed E-state index contributed by atoms with van der Waals surface area (Å²) in [6.07, 6.45) is 5.00. The maximum Gasteiger partial charge on any atom is 0.341 e. The van der Waals surface area contributed by atoms with Gasteiger partial charge in [0.15, 0.2) is 0 Å². The van der Waals surface area contributed by atoms with Gasteiger partial charge in [-0.25, -0.2) is 9.79 Å². The van der Waals surface area contributed by atoms with Crippen LogP contribution in [0.4, 0.5) is 10.7 Å². The van der Waals surface area contributed by atoms with Gasteiger partial charge < -0.3 is 9.84 Å². The van der Waals surface area contributed by atoms with Gasteiger partial charge in [-0.2, -0.15) is 0 Å². The van der Waals surface area contributed by atoms with Gasteiger partial charge in [0.2, 0.25) is 0 Å². The molecule has 26 heavy (non-hydrogen) atoms. The highest BCUT2D eigenvalue weighted by atomic mass is 79.9. The highest BCUT2D eigenvalue weighted by Gasteiger charge is 2.25. The summed E-state index contributed by atoms with van der Waals surface area (Å²) >= 11 is 4.56. The Balaban J connectivity index is 2.06.